The molecule has 0 spiro atoms. The van der Waals surface area contributed by atoms with E-state index in [0.29, 0.717) is 0 Å². The zero-order valence-corrected chi connectivity index (χ0v) is 32.0. The highest BCUT2D eigenvalue weighted by Gasteiger charge is 2.86. The van der Waals surface area contributed by atoms with Gasteiger partial charge >= 0.3 is 0 Å². The van der Waals surface area contributed by atoms with Gasteiger partial charge in [-0.3, -0.25) is 0 Å². The van der Waals surface area contributed by atoms with E-state index >= 15 is 0 Å². The number of nitrogens with zero attached hydrogens (tertiary/aromatic N) is 1. The van der Waals surface area contributed by atoms with Crippen molar-refractivity contribution in [2.45, 2.75) is 129 Å². The molecule has 182 valence electrons. The van der Waals surface area contributed by atoms with Crippen molar-refractivity contribution < 1.29 is 0 Å². The van der Waals surface area contributed by atoms with Crippen molar-refractivity contribution in [2.75, 3.05) is 0 Å². The van der Waals surface area contributed by atoms with E-state index < -0.39 is 46.9 Å². The number of fused-ring (bicyclic) bond motifs is 1. The normalized spacial score (nSPS) is 28.3. The van der Waals surface area contributed by atoms with Crippen molar-refractivity contribution in [3.8, 4) is 0 Å². The highest BCUT2D eigenvalue weighted by Crippen LogP contribution is 3.16. The van der Waals surface area contributed by atoms with E-state index in [4.69, 9.17) is 0 Å². The lowest BCUT2D eigenvalue weighted by molar-refractivity contribution is 0.405. The van der Waals surface area contributed by atoms with Crippen molar-refractivity contribution in [3.63, 3.8) is 0 Å². The first-order valence-electron chi connectivity index (χ1n) is 12.2. The fourth-order valence-electron chi connectivity index (χ4n) is 7.23. The Morgan fingerprint density at radius 3 is 1.32 bits per heavy atom. The van der Waals surface area contributed by atoms with E-state index in [9.17, 15) is 0 Å². The molecule has 31 heavy (non-hydrogen) atoms. The molecule has 0 saturated carbocycles. The van der Waals surface area contributed by atoms with E-state index in [2.05, 4.69) is 133 Å². The van der Waals surface area contributed by atoms with E-state index in [0.717, 1.165) is 4.14 Å². The minimum Gasteiger partial charge on any atom is -0.225 e. The lowest BCUT2D eigenvalue weighted by atomic mass is 10.1. The van der Waals surface area contributed by atoms with Crippen LogP contribution in [0.3, 0.4) is 0 Å². The predicted molar refractivity (Wildman–Crippen MR) is 172 cm³/mol. The molecule has 2 rings (SSSR count). The smallest absolute Gasteiger partial charge is 0.0858 e. The van der Waals surface area contributed by atoms with Crippen LogP contribution in [0.5, 0.6) is 0 Å². The van der Waals surface area contributed by atoms with Gasteiger partial charge in [-0.2, -0.15) is 0 Å². The summed E-state index contributed by atoms with van der Waals surface area (Å²) in [5, 5.41) is 0. The van der Waals surface area contributed by atoms with Gasteiger partial charge in [0.1, 0.15) is 0 Å². The van der Waals surface area contributed by atoms with Gasteiger partial charge in [0, 0.05) is 17.4 Å². The second kappa shape index (κ2) is 7.72. The molecule has 0 aromatic rings. The topological polar surface area (TPSA) is 3.24 Å². The second-order valence-corrected chi connectivity index (χ2v) is 55.4. The molecule has 2 unspecified atom stereocenters. The SMILES string of the molecule is CC(C)(C)N1P=C([Si](C)(C)C)P2(=C([Si](C)(C)C)[Si](C)(C)C)P1C2([Si](C)(C)C)[Si](C)(C)C. The van der Waals surface area contributed by atoms with E-state index in [1.807, 2.05) is 0 Å². The molecular weight excluding hydrogens is 512 g/mol. The maximum Gasteiger partial charge on any atom is 0.0858 e. The fraction of sp³-hybridized carbons (Fsp3) is 0.909. The molecule has 0 radical (unpaired) electrons. The van der Waals surface area contributed by atoms with Gasteiger partial charge in [0.05, 0.1) is 40.4 Å². The van der Waals surface area contributed by atoms with Gasteiger partial charge in [0.15, 0.2) is 0 Å². The Morgan fingerprint density at radius 1 is 0.742 bits per heavy atom. The summed E-state index contributed by atoms with van der Waals surface area (Å²) in [5.41, 5.74) is 0.283. The van der Waals surface area contributed by atoms with Gasteiger partial charge in [-0.15, -0.1) is 0 Å². The molecule has 0 N–H and O–H groups in total. The van der Waals surface area contributed by atoms with E-state index in [1.54, 1.807) is 8.35 Å². The van der Waals surface area contributed by atoms with Crippen molar-refractivity contribution in [1.82, 2.24) is 4.44 Å². The summed E-state index contributed by atoms with van der Waals surface area (Å²) in [6.07, 6.45) is 0. The fourth-order valence-corrected chi connectivity index (χ4v) is 101. The third-order valence-electron chi connectivity index (χ3n) is 6.78. The Morgan fingerprint density at radius 2 is 1.10 bits per heavy atom. The molecule has 0 amide bonds. The summed E-state index contributed by atoms with van der Waals surface area (Å²) in [6, 6.07) is 0. The van der Waals surface area contributed by atoms with Gasteiger partial charge in [-0.1, -0.05) is 103 Å². The third kappa shape index (κ3) is 4.16. The van der Waals surface area contributed by atoms with Crippen LogP contribution in [-0.4, -0.2) is 63.7 Å². The molecule has 0 bridgehead atoms. The van der Waals surface area contributed by atoms with Crippen LogP contribution >= 0.6 is 22.7 Å². The molecular formula is C22H54NP3Si5. The Labute approximate surface area is 204 Å². The Bertz CT molecular complexity index is 807. The minimum absolute atomic E-state index is 0.0438. The molecule has 2 atom stereocenters. The molecule has 2 aliphatic heterocycles. The van der Waals surface area contributed by atoms with E-state index in [-0.39, 0.29) is 13.3 Å². The third-order valence-corrected chi connectivity index (χ3v) is 64.7. The molecule has 1 fully saturated rings. The zero-order valence-electron chi connectivity index (χ0n) is 24.3. The van der Waals surface area contributed by atoms with Gasteiger partial charge in [0.2, 0.25) is 0 Å². The Balaban J connectivity index is 3.33. The second-order valence-electron chi connectivity index (χ2n) is 16.1. The first kappa shape index (κ1) is 29.2. The Kier molecular flexibility index (Phi) is 7.27. The first-order valence-corrected chi connectivity index (χ1v) is 34.3. The van der Waals surface area contributed by atoms with Crippen LogP contribution in [0.2, 0.25) is 98.2 Å². The van der Waals surface area contributed by atoms with Crippen LogP contribution in [0.25, 0.3) is 0 Å². The van der Waals surface area contributed by atoms with Crippen molar-refractivity contribution in [1.29, 1.82) is 0 Å². The summed E-state index contributed by atoms with van der Waals surface area (Å²) in [5.74, 6) is 0. The lowest BCUT2D eigenvalue weighted by Crippen LogP contribution is -2.60. The predicted octanol–water partition coefficient (Wildman–Crippen LogP) is 9.69. The maximum absolute atomic E-state index is 3.14. The Hall–Kier alpha value is 1.94. The lowest BCUT2D eigenvalue weighted by Gasteiger charge is -2.48. The first-order chi connectivity index (χ1) is 13.2. The molecule has 1 nitrogen and oxygen atoms in total. The highest BCUT2D eigenvalue weighted by molar-refractivity contribution is 8.69. The summed E-state index contributed by atoms with van der Waals surface area (Å²) in [6.45, 7) is 47.6. The average Bonchev–Trinajstić information content (AvgIpc) is 2.82. The van der Waals surface area contributed by atoms with E-state index in [1.165, 1.54) is 0 Å². The molecule has 2 aliphatic rings. The van der Waals surface area contributed by atoms with Gasteiger partial charge < -0.3 is 0 Å². The van der Waals surface area contributed by atoms with Crippen LogP contribution in [-0.2, 0) is 0 Å². The van der Waals surface area contributed by atoms with Gasteiger partial charge in [-0.05, 0) is 40.4 Å². The summed E-state index contributed by atoms with van der Waals surface area (Å²) >= 11 is 0. The molecule has 0 aromatic heterocycles. The zero-order chi connectivity index (χ0) is 25.0. The standard InChI is InChI=1S/C22H54NP3Si5/c1-21(2,3)23-24-19(27(4,5)6)26(20(28(7,8)9)29(10,11)12)22(25(23)26,30(13,14)15)31(16,17)18/h1-18H3. The quantitative estimate of drug-likeness (QED) is 0.237. The molecule has 0 aliphatic carbocycles. The molecule has 0 aromatic carbocycles. The van der Waals surface area contributed by atoms with Crippen LogP contribution < -0.4 is 0 Å². The number of hydrogen-bond acceptors (Lipinski definition) is 1. The molecule has 2 heterocycles. The van der Waals surface area contributed by atoms with Gasteiger partial charge in [-0.25, -0.2) is 4.44 Å². The average molecular weight is 566 g/mol. The number of hydrogen-bond donors (Lipinski definition) is 0. The summed E-state index contributed by atoms with van der Waals surface area (Å²) < 4.78 is 8.33. The van der Waals surface area contributed by atoms with Crippen molar-refractivity contribution in [2.24, 2.45) is 0 Å². The van der Waals surface area contributed by atoms with Crippen LogP contribution in [0.15, 0.2) is 0 Å². The maximum atomic E-state index is 3.14. The van der Waals surface area contributed by atoms with Crippen LogP contribution in [0.4, 0.5) is 0 Å². The van der Waals surface area contributed by atoms with Crippen molar-refractivity contribution >= 4 is 72.3 Å². The molecule has 1 saturated heterocycles. The summed E-state index contributed by atoms with van der Waals surface area (Å²) in [4.78, 5) is 0. The van der Waals surface area contributed by atoms with Crippen LogP contribution in [0.1, 0.15) is 20.8 Å². The largest absolute Gasteiger partial charge is 0.225 e. The monoisotopic (exact) mass is 565 g/mol. The van der Waals surface area contributed by atoms with Crippen LogP contribution in [0, 0.1) is 0 Å². The minimum atomic E-state index is -1.42. The molecule has 9 heteroatoms. The number of rotatable bonds is 5. The highest BCUT2D eigenvalue weighted by atomic mass is 32.1. The summed E-state index contributed by atoms with van der Waals surface area (Å²) in [7, 11) is -5.44. The van der Waals surface area contributed by atoms with Crippen molar-refractivity contribution in [3.05, 3.63) is 0 Å². The van der Waals surface area contributed by atoms with Gasteiger partial charge in [0.25, 0.3) is 0 Å².